The van der Waals surface area contributed by atoms with E-state index in [0.717, 1.165) is 0 Å². The molecule has 3 aromatic carbocycles. The van der Waals surface area contributed by atoms with Crippen LogP contribution in [0.5, 0.6) is 0 Å². The van der Waals surface area contributed by atoms with E-state index in [0.29, 0.717) is 0 Å². The van der Waals surface area contributed by atoms with Gasteiger partial charge in [0.25, 0.3) is 0 Å². The molecule has 0 radical (unpaired) electrons. The molecule has 0 fully saturated rings. The Morgan fingerprint density at radius 3 is 0.905 bits per heavy atom. The van der Waals surface area contributed by atoms with Gasteiger partial charge in [0, 0.05) is 0 Å². The van der Waals surface area contributed by atoms with Gasteiger partial charge in [-0.05, 0) is 23.8 Å². The Morgan fingerprint density at radius 2 is 0.667 bits per heavy atom. The van der Waals surface area contributed by atoms with Crippen molar-refractivity contribution in [3.63, 3.8) is 0 Å². The molecule has 0 spiro atoms. The molecule has 0 aromatic heterocycles. The number of benzene rings is 3. The highest BCUT2D eigenvalue weighted by atomic mass is 79.9. The first-order valence-electron chi connectivity index (χ1n) is 6.40. The Kier molecular flexibility index (Phi) is 7.74. The van der Waals surface area contributed by atoms with Gasteiger partial charge in [-0.1, -0.05) is 91.0 Å². The van der Waals surface area contributed by atoms with E-state index in [4.69, 9.17) is 0 Å². The van der Waals surface area contributed by atoms with E-state index in [1.54, 1.807) is 0 Å². The van der Waals surface area contributed by atoms with Gasteiger partial charge in [-0.3, -0.25) is 0 Å². The molecule has 3 heteroatoms. The van der Waals surface area contributed by atoms with Crippen LogP contribution in [0.1, 0.15) is 0 Å². The highest BCUT2D eigenvalue weighted by Crippen LogP contribution is 2.32. The minimum absolute atomic E-state index is 0. The van der Waals surface area contributed by atoms with Crippen molar-refractivity contribution in [3.8, 4) is 0 Å². The molecule has 0 saturated heterocycles. The summed E-state index contributed by atoms with van der Waals surface area (Å²) in [4.78, 5) is 0. The lowest BCUT2D eigenvalue weighted by Crippen LogP contribution is -2.20. The molecule has 0 nitrogen and oxygen atoms in total. The van der Waals surface area contributed by atoms with Crippen LogP contribution in [0.3, 0.4) is 0 Å². The lowest BCUT2D eigenvalue weighted by molar-refractivity contribution is 1.74. The first-order valence-corrected chi connectivity index (χ1v) is 7.74. The number of rotatable bonds is 3. The fourth-order valence-electron chi connectivity index (χ4n) is 2.18. The van der Waals surface area contributed by atoms with E-state index in [1.807, 2.05) is 0 Å². The minimum atomic E-state index is -0.446. The third-order valence-corrected chi connectivity index (χ3v) is 5.49. The van der Waals surface area contributed by atoms with Crippen LogP contribution in [0.4, 0.5) is 0 Å². The second-order valence-corrected chi connectivity index (χ2v) is 6.56. The maximum absolute atomic E-state index is 2.23. The fourth-order valence-corrected chi connectivity index (χ4v) is 4.48. The molecule has 0 bridgehead atoms. The lowest BCUT2D eigenvalue weighted by Gasteiger charge is -2.18. The van der Waals surface area contributed by atoms with Crippen LogP contribution in [0.2, 0.25) is 0 Å². The number of halogens is 1. The second-order valence-electron chi connectivity index (χ2n) is 4.34. The molecule has 21 heavy (non-hydrogen) atoms. The van der Waals surface area contributed by atoms with Crippen LogP contribution in [0.25, 0.3) is 0 Å². The monoisotopic (exact) mass is 376 g/mol. The zero-order valence-electron chi connectivity index (χ0n) is 11.5. The average Bonchev–Trinajstić information content (AvgIpc) is 2.51. The summed E-state index contributed by atoms with van der Waals surface area (Å²) in [6.45, 7) is 0. The molecule has 108 valence electrons. The minimum Gasteiger partial charge on any atom is -0.197 e. The van der Waals surface area contributed by atoms with Crippen LogP contribution in [-0.4, -0.2) is 0 Å². The molecular weight excluding hydrogens is 359 g/mol. The first-order chi connectivity index (χ1) is 9.45. The zero-order chi connectivity index (χ0) is 12.9. The van der Waals surface area contributed by atoms with Crippen molar-refractivity contribution in [1.82, 2.24) is 0 Å². The van der Waals surface area contributed by atoms with E-state index in [1.165, 1.54) is 15.9 Å². The normalized spacial score (nSPS) is 9.57. The van der Waals surface area contributed by atoms with Gasteiger partial charge in [0.15, 0.2) is 0 Å². The summed E-state index contributed by atoms with van der Waals surface area (Å²) in [5, 5.41) is 4.19. The fraction of sp³-hybridized carbons (Fsp3) is 0. The van der Waals surface area contributed by atoms with E-state index >= 15 is 0 Å². The topological polar surface area (TPSA) is 0 Å². The predicted octanol–water partition coefficient (Wildman–Crippen LogP) is 4.14. The molecular formula is C18H18BrPS. The van der Waals surface area contributed by atoms with Gasteiger partial charge in [-0.15, -0.1) is 17.0 Å². The van der Waals surface area contributed by atoms with Crippen LogP contribution in [0, 0.1) is 0 Å². The van der Waals surface area contributed by atoms with Gasteiger partial charge in [-0.25, -0.2) is 0 Å². The van der Waals surface area contributed by atoms with Crippen molar-refractivity contribution in [2.24, 2.45) is 0 Å². The van der Waals surface area contributed by atoms with Crippen molar-refractivity contribution >= 4 is 54.3 Å². The average molecular weight is 377 g/mol. The molecule has 0 aliphatic carbocycles. The Bertz CT molecular complexity index is 535. The van der Waals surface area contributed by atoms with Gasteiger partial charge < -0.3 is 0 Å². The summed E-state index contributed by atoms with van der Waals surface area (Å²) in [5.41, 5.74) is 0. The summed E-state index contributed by atoms with van der Waals surface area (Å²) in [5.74, 6) is 0. The van der Waals surface area contributed by atoms with Gasteiger partial charge in [0.1, 0.15) is 0 Å². The van der Waals surface area contributed by atoms with Gasteiger partial charge in [0.05, 0.1) is 0 Å². The molecule has 3 aromatic rings. The predicted molar refractivity (Wildman–Crippen MR) is 106 cm³/mol. The third kappa shape index (κ3) is 4.44. The first kappa shape index (κ1) is 18.0. The molecule has 0 aliphatic heterocycles. The highest BCUT2D eigenvalue weighted by Gasteiger charge is 2.14. The molecule has 3 rings (SSSR count). The molecule has 0 atom stereocenters. The summed E-state index contributed by atoms with van der Waals surface area (Å²) in [7, 11) is -0.446. The largest absolute Gasteiger partial charge is 0.197 e. The Labute approximate surface area is 145 Å². The Balaban J connectivity index is 0.00000110. The number of hydrogen-bond donors (Lipinski definition) is 0. The van der Waals surface area contributed by atoms with Crippen molar-refractivity contribution < 1.29 is 0 Å². The van der Waals surface area contributed by atoms with Crippen molar-refractivity contribution in [2.75, 3.05) is 0 Å². The molecule has 0 saturated carbocycles. The van der Waals surface area contributed by atoms with Crippen molar-refractivity contribution in [3.05, 3.63) is 91.0 Å². The molecule has 0 unspecified atom stereocenters. The SMILES string of the molecule is Br.S.c1ccc(P(c2ccccc2)c2ccccc2)cc1. The summed E-state index contributed by atoms with van der Waals surface area (Å²) < 4.78 is 0. The molecule has 0 N–H and O–H groups in total. The van der Waals surface area contributed by atoms with Gasteiger partial charge >= 0.3 is 0 Å². The summed E-state index contributed by atoms with van der Waals surface area (Å²) in [6.07, 6.45) is 0. The molecule has 0 amide bonds. The Morgan fingerprint density at radius 1 is 0.429 bits per heavy atom. The quantitative estimate of drug-likeness (QED) is 0.602. The van der Waals surface area contributed by atoms with Crippen molar-refractivity contribution in [1.29, 1.82) is 0 Å². The zero-order valence-corrected chi connectivity index (χ0v) is 15.1. The summed E-state index contributed by atoms with van der Waals surface area (Å²) in [6, 6.07) is 32.3. The summed E-state index contributed by atoms with van der Waals surface area (Å²) >= 11 is 0. The van der Waals surface area contributed by atoms with E-state index < -0.39 is 7.92 Å². The van der Waals surface area contributed by atoms with Crippen LogP contribution >= 0.6 is 38.4 Å². The van der Waals surface area contributed by atoms with Crippen LogP contribution in [-0.2, 0) is 0 Å². The van der Waals surface area contributed by atoms with E-state index in [2.05, 4.69) is 91.0 Å². The van der Waals surface area contributed by atoms with E-state index in [-0.39, 0.29) is 30.5 Å². The Hall–Kier alpha value is -1.08. The maximum atomic E-state index is 2.23. The van der Waals surface area contributed by atoms with Gasteiger partial charge in [-0.2, -0.15) is 13.5 Å². The third-order valence-electron chi connectivity index (χ3n) is 3.04. The molecule has 0 heterocycles. The highest BCUT2D eigenvalue weighted by molar-refractivity contribution is 8.93. The smallest absolute Gasteiger partial charge is 0.0134 e. The van der Waals surface area contributed by atoms with E-state index in [9.17, 15) is 0 Å². The van der Waals surface area contributed by atoms with Crippen molar-refractivity contribution in [2.45, 2.75) is 0 Å². The van der Waals surface area contributed by atoms with Crippen LogP contribution < -0.4 is 15.9 Å². The van der Waals surface area contributed by atoms with Gasteiger partial charge in [0.2, 0.25) is 0 Å². The van der Waals surface area contributed by atoms with Crippen LogP contribution in [0.15, 0.2) is 91.0 Å². The lowest BCUT2D eigenvalue weighted by atomic mass is 10.4. The second kappa shape index (κ2) is 9.04. The number of hydrogen-bond acceptors (Lipinski definition) is 0. The molecule has 0 aliphatic rings. The standard InChI is InChI=1S/C18H15P.BrH.H2S/c1-4-10-16(11-5-1)19(17-12-6-2-7-13-17)18-14-8-3-9-15-18;;/h1-15H;1H;1H2. The maximum Gasteiger partial charge on any atom is -0.0134 e.